The molecular formula is C21H24N4O3S2. The molecule has 3 rings (SSSR count). The number of hydrogen-bond acceptors (Lipinski definition) is 6. The van der Waals surface area contributed by atoms with E-state index in [-0.39, 0.29) is 27.3 Å². The second-order valence-corrected chi connectivity index (χ2v) is 10.3. The van der Waals surface area contributed by atoms with Crippen molar-refractivity contribution in [3.8, 4) is 0 Å². The van der Waals surface area contributed by atoms with Gasteiger partial charge in [-0.1, -0.05) is 73.2 Å². The smallest absolute Gasteiger partial charge is 0.270 e. The first-order chi connectivity index (χ1) is 14.2. The molecule has 30 heavy (non-hydrogen) atoms. The van der Waals surface area contributed by atoms with E-state index in [4.69, 9.17) is 0 Å². The third kappa shape index (κ3) is 5.71. The standard InChI is InChI=1S/C21H24N4O3S2/c1-14(2)13-18(16-7-5-4-6-8-16)25-30(27,28)21-24-23-20(29-21)22-19(26)17-11-9-15(3)10-12-17/h4-12,14,18,25H,13H2,1-3H3,(H,22,23,26)/t18-/m0/s1. The fourth-order valence-electron chi connectivity index (χ4n) is 2.89. The summed E-state index contributed by atoms with van der Waals surface area (Å²) in [5.74, 6) is -0.0817. The molecular weight excluding hydrogens is 420 g/mol. The zero-order valence-electron chi connectivity index (χ0n) is 17.0. The van der Waals surface area contributed by atoms with Crippen LogP contribution in [0.25, 0.3) is 0 Å². The van der Waals surface area contributed by atoms with E-state index in [1.54, 1.807) is 12.1 Å². The average molecular weight is 445 g/mol. The van der Waals surface area contributed by atoms with Crippen LogP contribution in [0, 0.1) is 12.8 Å². The van der Waals surface area contributed by atoms with Crippen molar-refractivity contribution in [3.63, 3.8) is 0 Å². The molecule has 1 amide bonds. The highest BCUT2D eigenvalue weighted by Crippen LogP contribution is 2.26. The van der Waals surface area contributed by atoms with Crippen LogP contribution in [0.3, 0.4) is 0 Å². The number of aryl methyl sites for hydroxylation is 1. The third-order valence-corrected chi connectivity index (χ3v) is 7.05. The van der Waals surface area contributed by atoms with Crippen LogP contribution in [0.4, 0.5) is 5.13 Å². The van der Waals surface area contributed by atoms with Gasteiger partial charge >= 0.3 is 0 Å². The fourth-order valence-corrected chi connectivity index (χ4v) is 5.04. The Bertz CT molecular complexity index is 1090. The van der Waals surface area contributed by atoms with Crippen molar-refractivity contribution in [1.82, 2.24) is 14.9 Å². The van der Waals surface area contributed by atoms with E-state index in [9.17, 15) is 13.2 Å². The lowest BCUT2D eigenvalue weighted by Crippen LogP contribution is -2.29. The highest BCUT2D eigenvalue weighted by molar-refractivity contribution is 7.91. The van der Waals surface area contributed by atoms with Crippen LogP contribution in [0.1, 0.15) is 47.8 Å². The molecule has 0 unspecified atom stereocenters. The predicted molar refractivity (Wildman–Crippen MR) is 118 cm³/mol. The minimum atomic E-state index is -3.89. The number of nitrogens with zero attached hydrogens (tertiary/aromatic N) is 2. The van der Waals surface area contributed by atoms with E-state index in [1.807, 2.05) is 63.2 Å². The SMILES string of the molecule is Cc1ccc(C(=O)Nc2nnc(S(=O)(=O)N[C@@H](CC(C)C)c3ccccc3)s2)cc1. The summed E-state index contributed by atoms with van der Waals surface area (Å²) in [6, 6.07) is 16.1. The molecule has 0 saturated heterocycles. The maximum absolute atomic E-state index is 12.9. The van der Waals surface area contributed by atoms with Gasteiger partial charge in [-0.05, 0) is 37.0 Å². The molecule has 0 bridgehead atoms. The normalized spacial score (nSPS) is 12.7. The second-order valence-electron chi connectivity index (χ2n) is 7.41. The Morgan fingerprint density at radius 2 is 1.70 bits per heavy atom. The summed E-state index contributed by atoms with van der Waals surface area (Å²) in [4.78, 5) is 12.3. The lowest BCUT2D eigenvalue weighted by Gasteiger charge is -2.20. The average Bonchev–Trinajstić information content (AvgIpc) is 3.17. The van der Waals surface area contributed by atoms with Gasteiger partial charge in [0.2, 0.25) is 9.47 Å². The number of anilines is 1. The van der Waals surface area contributed by atoms with E-state index >= 15 is 0 Å². The van der Waals surface area contributed by atoms with Crippen LogP contribution >= 0.6 is 11.3 Å². The molecule has 7 nitrogen and oxygen atoms in total. The lowest BCUT2D eigenvalue weighted by atomic mass is 9.98. The first kappa shape index (κ1) is 22.1. The topological polar surface area (TPSA) is 101 Å². The van der Waals surface area contributed by atoms with E-state index in [1.165, 1.54) is 0 Å². The molecule has 1 heterocycles. The first-order valence-corrected chi connectivity index (χ1v) is 11.8. The van der Waals surface area contributed by atoms with Gasteiger partial charge in [-0.15, -0.1) is 10.2 Å². The van der Waals surface area contributed by atoms with Gasteiger partial charge in [-0.25, -0.2) is 13.1 Å². The Morgan fingerprint density at radius 3 is 2.33 bits per heavy atom. The molecule has 9 heteroatoms. The summed E-state index contributed by atoms with van der Waals surface area (Å²) in [6.07, 6.45) is 0.638. The second kappa shape index (κ2) is 9.46. The van der Waals surface area contributed by atoms with Gasteiger partial charge in [0.25, 0.3) is 15.9 Å². The summed E-state index contributed by atoms with van der Waals surface area (Å²) < 4.78 is 28.3. The molecule has 2 aromatic carbocycles. The fraction of sp³-hybridized carbons (Fsp3) is 0.286. The molecule has 0 aliphatic carbocycles. The monoisotopic (exact) mass is 444 g/mol. The number of aromatic nitrogens is 2. The Balaban J connectivity index is 1.75. The Hall–Kier alpha value is -2.62. The van der Waals surface area contributed by atoms with Crippen molar-refractivity contribution < 1.29 is 13.2 Å². The molecule has 0 saturated carbocycles. The lowest BCUT2D eigenvalue weighted by molar-refractivity contribution is 0.102. The number of sulfonamides is 1. The molecule has 3 aromatic rings. The molecule has 0 spiro atoms. The quantitative estimate of drug-likeness (QED) is 0.508. The number of hydrogen-bond donors (Lipinski definition) is 2. The van der Waals surface area contributed by atoms with Crippen LogP contribution in [0.5, 0.6) is 0 Å². The largest absolute Gasteiger partial charge is 0.296 e. The zero-order valence-corrected chi connectivity index (χ0v) is 18.6. The molecule has 2 N–H and O–H groups in total. The minimum absolute atomic E-state index is 0.126. The number of carbonyl (C=O) groups is 1. The molecule has 0 fully saturated rings. The van der Waals surface area contributed by atoms with Gasteiger partial charge < -0.3 is 0 Å². The van der Waals surface area contributed by atoms with Crippen LogP contribution in [-0.2, 0) is 10.0 Å². The van der Waals surface area contributed by atoms with Crippen molar-refractivity contribution in [2.24, 2.45) is 5.92 Å². The van der Waals surface area contributed by atoms with Crippen molar-refractivity contribution in [3.05, 3.63) is 71.3 Å². The molecule has 1 aromatic heterocycles. The third-order valence-electron chi connectivity index (χ3n) is 4.38. The van der Waals surface area contributed by atoms with Crippen LogP contribution in [-0.4, -0.2) is 24.5 Å². The summed E-state index contributed by atoms with van der Waals surface area (Å²) in [5.41, 5.74) is 2.38. The van der Waals surface area contributed by atoms with Crippen molar-refractivity contribution in [2.75, 3.05) is 5.32 Å². The van der Waals surface area contributed by atoms with Gasteiger partial charge in [0.05, 0.1) is 0 Å². The van der Waals surface area contributed by atoms with E-state index in [2.05, 4.69) is 20.2 Å². The molecule has 0 aliphatic rings. The zero-order chi connectivity index (χ0) is 21.7. The van der Waals surface area contributed by atoms with Gasteiger partial charge in [0.15, 0.2) is 0 Å². The highest BCUT2D eigenvalue weighted by Gasteiger charge is 2.26. The van der Waals surface area contributed by atoms with Crippen molar-refractivity contribution >= 4 is 32.4 Å². The summed E-state index contributed by atoms with van der Waals surface area (Å²) in [6.45, 7) is 6.00. The Morgan fingerprint density at radius 1 is 1.03 bits per heavy atom. The summed E-state index contributed by atoms with van der Waals surface area (Å²) in [5, 5.41) is 10.3. The van der Waals surface area contributed by atoms with Crippen LogP contribution in [0.15, 0.2) is 58.9 Å². The Labute approximate surface area is 180 Å². The maximum Gasteiger partial charge on any atom is 0.270 e. The molecule has 0 radical (unpaired) electrons. The highest BCUT2D eigenvalue weighted by atomic mass is 32.2. The van der Waals surface area contributed by atoms with E-state index in [0.717, 1.165) is 22.5 Å². The first-order valence-electron chi connectivity index (χ1n) is 9.53. The molecule has 158 valence electrons. The number of benzene rings is 2. The van der Waals surface area contributed by atoms with Gasteiger partial charge in [0.1, 0.15) is 0 Å². The summed E-state index contributed by atoms with van der Waals surface area (Å²) in [7, 11) is -3.89. The van der Waals surface area contributed by atoms with Crippen molar-refractivity contribution in [1.29, 1.82) is 0 Å². The van der Waals surface area contributed by atoms with Gasteiger partial charge in [0, 0.05) is 11.6 Å². The van der Waals surface area contributed by atoms with Gasteiger partial charge in [-0.2, -0.15) is 0 Å². The number of amides is 1. The van der Waals surface area contributed by atoms with E-state index < -0.39 is 10.0 Å². The number of carbonyl (C=O) groups excluding carboxylic acids is 1. The Kier molecular flexibility index (Phi) is 6.96. The van der Waals surface area contributed by atoms with Gasteiger partial charge in [-0.3, -0.25) is 10.1 Å². The van der Waals surface area contributed by atoms with Crippen LogP contribution in [0.2, 0.25) is 0 Å². The predicted octanol–water partition coefficient (Wildman–Crippen LogP) is 4.16. The summed E-state index contributed by atoms with van der Waals surface area (Å²) >= 11 is 0.817. The van der Waals surface area contributed by atoms with Crippen molar-refractivity contribution in [2.45, 2.75) is 37.6 Å². The van der Waals surface area contributed by atoms with Crippen LogP contribution < -0.4 is 10.0 Å². The molecule has 0 aliphatic heterocycles. The minimum Gasteiger partial charge on any atom is -0.296 e. The maximum atomic E-state index is 12.9. The number of rotatable bonds is 8. The van der Waals surface area contributed by atoms with E-state index in [0.29, 0.717) is 12.0 Å². The molecule has 1 atom stereocenters. The number of nitrogens with one attached hydrogen (secondary N) is 2.